The first-order chi connectivity index (χ1) is 21.9. The van der Waals surface area contributed by atoms with Gasteiger partial charge in [0.1, 0.15) is 24.1 Å². The molecule has 7 nitrogen and oxygen atoms in total. The predicted octanol–water partition coefficient (Wildman–Crippen LogP) is 7.25. The highest BCUT2D eigenvalue weighted by Crippen LogP contribution is 2.27. The topological polar surface area (TPSA) is 90.0 Å². The molecule has 0 N–H and O–H groups in total. The normalized spacial score (nSPS) is 10.9. The number of aromatic nitrogens is 3. The molecule has 2 heterocycles. The molecule has 0 spiro atoms. The van der Waals surface area contributed by atoms with Crippen molar-refractivity contribution in [3.63, 3.8) is 0 Å². The van der Waals surface area contributed by atoms with Crippen molar-refractivity contribution in [2.45, 2.75) is 19.6 Å². The summed E-state index contributed by atoms with van der Waals surface area (Å²) in [7, 11) is 1.34. The van der Waals surface area contributed by atoms with E-state index in [1.807, 2.05) is 41.0 Å². The maximum absolute atomic E-state index is 15.6. The fourth-order valence-electron chi connectivity index (χ4n) is 5.06. The molecule has 0 aliphatic carbocycles. The van der Waals surface area contributed by atoms with Gasteiger partial charge in [-0.2, -0.15) is 5.26 Å². The summed E-state index contributed by atoms with van der Waals surface area (Å²) in [6, 6.07) is 31.1. The number of halogens is 2. The minimum Gasteiger partial charge on any atom is -0.473 e. The van der Waals surface area contributed by atoms with Crippen molar-refractivity contribution in [3.05, 3.63) is 148 Å². The number of methoxy groups -OCH3 is 1. The number of hydrogen-bond acceptors (Lipinski definition) is 6. The number of carbonyl (C=O) groups excluding carboxylic acids is 1. The van der Waals surface area contributed by atoms with Crippen LogP contribution in [0.25, 0.3) is 22.3 Å². The van der Waals surface area contributed by atoms with Crippen LogP contribution in [0.15, 0.2) is 103 Å². The zero-order valence-corrected chi connectivity index (χ0v) is 24.2. The zero-order valence-electron chi connectivity index (χ0n) is 24.2. The lowest BCUT2D eigenvalue weighted by Crippen LogP contribution is -2.07. The highest BCUT2D eigenvalue weighted by Gasteiger charge is 2.17. The average Bonchev–Trinajstić information content (AvgIpc) is 3.40. The highest BCUT2D eigenvalue weighted by molar-refractivity contribution is 5.93. The fourth-order valence-corrected chi connectivity index (χ4v) is 5.06. The number of esters is 1. The maximum Gasteiger partial charge on any atom is 0.337 e. The summed E-state index contributed by atoms with van der Waals surface area (Å²) in [4.78, 5) is 21.5. The molecule has 0 amide bonds. The average molecular weight is 601 g/mol. The number of imidazole rings is 1. The number of carbonyl (C=O) groups is 1. The predicted molar refractivity (Wildman–Crippen MR) is 165 cm³/mol. The Balaban J connectivity index is 1.26. The standard InChI is InChI=1S/C36H26F2N4O3/c1-44-36(43)27-14-15-32-33(18-27)42(21-23-6-3-2-4-7-23)34(40-32)19-25-12-13-26(17-30(25)38)31-8-5-9-35(41-31)45-22-28-11-10-24(20-39)16-29(28)37/h2-18H,19,21-22H2,1H3. The maximum atomic E-state index is 15.6. The summed E-state index contributed by atoms with van der Waals surface area (Å²) < 4.78 is 42.5. The molecule has 6 aromatic rings. The van der Waals surface area contributed by atoms with Gasteiger partial charge in [0.15, 0.2) is 0 Å². The van der Waals surface area contributed by atoms with Gasteiger partial charge >= 0.3 is 5.97 Å². The van der Waals surface area contributed by atoms with Gasteiger partial charge in [0.25, 0.3) is 0 Å². The molecule has 45 heavy (non-hydrogen) atoms. The van der Waals surface area contributed by atoms with Crippen LogP contribution in [0.5, 0.6) is 5.88 Å². The van der Waals surface area contributed by atoms with Crippen molar-refractivity contribution in [1.29, 1.82) is 5.26 Å². The van der Waals surface area contributed by atoms with E-state index in [2.05, 4.69) is 4.98 Å². The van der Waals surface area contributed by atoms with E-state index in [1.165, 1.54) is 25.3 Å². The summed E-state index contributed by atoms with van der Waals surface area (Å²) in [5.41, 5.74) is 4.87. The second-order valence-corrected chi connectivity index (χ2v) is 10.3. The van der Waals surface area contributed by atoms with E-state index < -0.39 is 17.6 Å². The third-order valence-electron chi connectivity index (χ3n) is 7.41. The van der Waals surface area contributed by atoms with Gasteiger partial charge in [-0.3, -0.25) is 0 Å². The van der Waals surface area contributed by atoms with Crippen molar-refractivity contribution in [2.24, 2.45) is 0 Å². The number of nitrogens with zero attached hydrogens (tertiary/aromatic N) is 4. The lowest BCUT2D eigenvalue weighted by atomic mass is 10.1. The SMILES string of the molecule is COC(=O)c1ccc2nc(Cc3ccc(-c4cccc(OCc5ccc(C#N)cc5F)n4)cc3F)n(Cc3ccccc3)c2c1. The van der Waals surface area contributed by atoms with Crippen LogP contribution in [0.2, 0.25) is 0 Å². The number of hydrogen-bond donors (Lipinski definition) is 0. The largest absolute Gasteiger partial charge is 0.473 e. The van der Waals surface area contributed by atoms with Crippen LogP contribution in [0.4, 0.5) is 8.78 Å². The van der Waals surface area contributed by atoms with Crippen molar-refractivity contribution < 1.29 is 23.0 Å². The molecule has 0 bridgehead atoms. The van der Waals surface area contributed by atoms with Crippen LogP contribution >= 0.6 is 0 Å². The molecule has 0 radical (unpaired) electrons. The fraction of sp³-hybridized carbons (Fsp3) is 0.111. The minimum atomic E-state index is -0.538. The third-order valence-corrected chi connectivity index (χ3v) is 7.41. The Kier molecular flexibility index (Phi) is 8.29. The number of fused-ring (bicyclic) bond motifs is 1. The van der Waals surface area contributed by atoms with Gasteiger partial charge in [-0.25, -0.2) is 23.5 Å². The van der Waals surface area contributed by atoms with Crippen molar-refractivity contribution >= 4 is 17.0 Å². The quantitative estimate of drug-likeness (QED) is 0.162. The van der Waals surface area contributed by atoms with Crippen LogP contribution < -0.4 is 4.74 Å². The molecule has 222 valence electrons. The molecule has 2 aromatic heterocycles. The Hall–Kier alpha value is -5.88. The summed E-state index contributed by atoms with van der Waals surface area (Å²) in [5.74, 6) is -0.511. The Morgan fingerprint density at radius 1 is 0.867 bits per heavy atom. The Labute approximate surface area is 258 Å². The monoisotopic (exact) mass is 600 g/mol. The van der Waals surface area contributed by atoms with E-state index in [4.69, 9.17) is 19.7 Å². The first-order valence-electron chi connectivity index (χ1n) is 14.1. The molecule has 0 unspecified atom stereocenters. The molecule has 0 fully saturated rings. The Morgan fingerprint density at radius 2 is 1.67 bits per heavy atom. The van der Waals surface area contributed by atoms with Crippen molar-refractivity contribution in [2.75, 3.05) is 7.11 Å². The Morgan fingerprint density at radius 3 is 2.42 bits per heavy atom. The van der Waals surface area contributed by atoms with Gasteiger partial charge in [-0.15, -0.1) is 0 Å². The van der Waals surface area contributed by atoms with Crippen LogP contribution in [-0.2, 0) is 24.3 Å². The molecule has 0 saturated heterocycles. The highest BCUT2D eigenvalue weighted by atomic mass is 19.1. The molecule has 9 heteroatoms. The van der Waals surface area contributed by atoms with Crippen LogP contribution in [-0.4, -0.2) is 27.6 Å². The van der Waals surface area contributed by atoms with Crippen LogP contribution in [0.1, 0.15) is 38.4 Å². The van der Waals surface area contributed by atoms with E-state index in [9.17, 15) is 9.18 Å². The summed E-state index contributed by atoms with van der Waals surface area (Å²) in [5, 5.41) is 8.94. The van der Waals surface area contributed by atoms with Gasteiger partial charge in [0.2, 0.25) is 5.88 Å². The van der Waals surface area contributed by atoms with Gasteiger partial charge in [0, 0.05) is 30.2 Å². The van der Waals surface area contributed by atoms with Crippen molar-refractivity contribution in [3.8, 4) is 23.2 Å². The van der Waals surface area contributed by atoms with Gasteiger partial charge in [-0.05, 0) is 53.6 Å². The molecular weight excluding hydrogens is 574 g/mol. The number of pyridine rings is 1. The molecule has 0 aliphatic rings. The Bertz CT molecular complexity index is 2070. The van der Waals surface area contributed by atoms with Gasteiger partial charge in [0.05, 0.1) is 41.0 Å². The second kappa shape index (κ2) is 12.8. The van der Waals surface area contributed by atoms with E-state index in [0.717, 1.165) is 17.1 Å². The zero-order chi connectivity index (χ0) is 31.3. The molecular formula is C36H26F2N4O3. The minimum absolute atomic E-state index is 0.0770. The third kappa shape index (κ3) is 6.40. The van der Waals surface area contributed by atoms with Crippen LogP contribution in [0.3, 0.4) is 0 Å². The summed E-state index contributed by atoms with van der Waals surface area (Å²) in [6.07, 6.45) is 0.216. The summed E-state index contributed by atoms with van der Waals surface area (Å²) >= 11 is 0. The number of rotatable bonds is 9. The molecule has 6 rings (SSSR count). The second-order valence-electron chi connectivity index (χ2n) is 10.3. The first-order valence-corrected chi connectivity index (χ1v) is 14.1. The number of nitriles is 1. The van der Waals surface area contributed by atoms with E-state index in [1.54, 1.807) is 48.5 Å². The number of benzene rings is 4. The molecule has 0 saturated carbocycles. The lowest BCUT2D eigenvalue weighted by Gasteiger charge is -2.12. The molecule has 4 aromatic carbocycles. The van der Waals surface area contributed by atoms with E-state index >= 15 is 4.39 Å². The van der Waals surface area contributed by atoms with Gasteiger partial charge < -0.3 is 14.0 Å². The first kappa shape index (κ1) is 29.2. The van der Waals surface area contributed by atoms with E-state index in [0.29, 0.717) is 40.3 Å². The molecule has 0 aliphatic heterocycles. The van der Waals surface area contributed by atoms with Crippen LogP contribution in [0, 0.1) is 23.0 Å². The number of ether oxygens (including phenoxy) is 2. The van der Waals surface area contributed by atoms with Gasteiger partial charge in [-0.1, -0.05) is 54.6 Å². The molecule has 0 atom stereocenters. The summed E-state index contributed by atoms with van der Waals surface area (Å²) in [6.45, 7) is 0.409. The lowest BCUT2D eigenvalue weighted by molar-refractivity contribution is 0.0601. The van der Waals surface area contributed by atoms with E-state index in [-0.39, 0.29) is 30.0 Å². The van der Waals surface area contributed by atoms with Crippen molar-refractivity contribution in [1.82, 2.24) is 14.5 Å². The smallest absolute Gasteiger partial charge is 0.337 e.